The van der Waals surface area contributed by atoms with E-state index in [0.29, 0.717) is 18.8 Å². The predicted molar refractivity (Wildman–Crippen MR) is 74.7 cm³/mol. The van der Waals surface area contributed by atoms with Gasteiger partial charge in [-0.05, 0) is 27.7 Å². The lowest BCUT2D eigenvalue weighted by Gasteiger charge is -2.23. The van der Waals surface area contributed by atoms with Crippen LogP contribution in [0.25, 0.3) is 0 Å². The summed E-state index contributed by atoms with van der Waals surface area (Å²) in [6.45, 7) is 8.42. The summed E-state index contributed by atoms with van der Waals surface area (Å²) in [4.78, 5) is 32.6. The lowest BCUT2D eigenvalue weighted by molar-refractivity contribution is -0.131. The number of aromatic nitrogens is 2. The van der Waals surface area contributed by atoms with Gasteiger partial charge in [-0.15, -0.1) is 0 Å². The van der Waals surface area contributed by atoms with Crippen molar-refractivity contribution >= 4 is 17.8 Å². The van der Waals surface area contributed by atoms with Gasteiger partial charge >= 0.3 is 5.97 Å². The van der Waals surface area contributed by atoms with E-state index in [1.807, 2.05) is 13.8 Å². The summed E-state index contributed by atoms with van der Waals surface area (Å²) in [5.41, 5.74) is 0.413. The molecule has 0 saturated heterocycles. The molecule has 0 radical (unpaired) electrons. The van der Waals surface area contributed by atoms with Crippen molar-refractivity contribution in [3.8, 4) is 0 Å². The predicted octanol–water partition coefficient (Wildman–Crippen LogP) is 1.15. The second kappa shape index (κ2) is 6.83. The largest absolute Gasteiger partial charge is 0.478 e. The van der Waals surface area contributed by atoms with Crippen molar-refractivity contribution in [3.63, 3.8) is 0 Å². The molecule has 0 aliphatic rings. The summed E-state index contributed by atoms with van der Waals surface area (Å²) in [7, 11) is 0. The topological polar surface area (TPSA) is 95.4 Å². The molecule has 0 bridgehead atoms. The number of nitrogens with one attached hydrogen (secondary N) is 1. The molecule has 0 saturated carbocycles. The van der Waals surface area contributed by atoms with Crippen LogP contribution in [0.4, 0.5) is 5.95 Å². The summed E-state index contributed by atoms with van der Waals surface area (Å²) < 4.78 is 0. The Hall–Kier alpha value is -2.18. The average Bonchev–Trinajstić information content (AvgIpc) is 2.39. The maximum atomic E-state index is 12.1. The number of anilines is 1. The first-order valence-electron chi connectivity index (χ1n) is 6.52. The fraction of sp³-hybridized carbons (Fsp3) is 0.538. The molecule has 1 aromatic rings. The van der Waals surface area contributed by atoms with Crippen molar-refractivity contribution in [2.75, 3.05) is 18.4 Å². The average molecular weight is 280 g/mol. The minimum Gasteiger partial charge on any atom is -0.478 e. The molecule has 1 amide bonds. The second-order valence-corrected chi connectivity index (χ2v) is 4.37. The number of hydrogen-bond acceptors (Lipinski definition) is 5. The highest BCUT2D eigenvalue weighted by Crippen LogP contribution is 2.09. The number of likely N-dealkylation sites (N-methyl/N-ethyl adjacent to an activating group) is 1. The zero-order valence-corrected chi connectivity index (χ0v) is 12.2. The van der Waals surface area contributed by atoms with Gasteiger partial charge in [0.2, 0.25) is 11.9 Å². The van der Waals surface area contributed by atoms with E-state index in [9.17, 15) is 9.59 Å². The Kier molecular flexibility index (Phi) is 5.42. The molecule has 110 valence electrons. The third-order valence-corrected chi connectivity index (χ3v) is 3.00. The fourth-order valence-electron chi connectivity index (χ4n) is 1.81. The van der Waals surface area contributed by atoms with E-state index in [1.165, 1.54) is 6.20 Å². The fourth-order valence-corrected chi connectivity index (χ4v) is 1.81. The highest BCUT2D eigenvalue weighted by molar-refractivity contribution is 5.88. The maximum Gasteiger partial charge on any atom is 0.339 e. The minimum absolute atomic E-state index is 0.0430. The molecule has 1 heterocycles. The Morgan fingerprint density at radius 1 is 1.40 bits per heavy atom. The van der Waals surface area contributed by atoms with Gasteiger partial charge in [0.25, 0.3) is 0 Å². The van der Waals surface area contributed by atoms with Gasteiger partial charge in [-0.1, -0.05) is 0 Å². The Morgan fingerprint density at radius 3 is 2.45 bits per heavy atom. The number of carbonyl (C=O) groups excluding carboxylic acids is 1. The van der Waals surface area contributed by atoms with Crippen LogP contribution in [0.1, 0.15) is 36.8 Å². The molecular weight excluding hydrogens is 260 g/mol. The van der Waals surface area contributed by atoms with Crippen molar-refractivity contribution < 1.29 is 14.7 Å². The summed E-state index contributed by atoms with van der Waals surface area (Å²) in [6.07, 6.45) is 1.24. The summed E-state index contributed by atoms with van der Waals surface area (Å²) >= 11 is 0. The molecule has 20 heavy (non-hydrogen) atoms. The van der Waals surface area contributed by atoms with Crippen molar-refractivity contribution in [2.45, 2.75) is 33.7 Å². The molecule has 0 aliphatic heterocycles. The number of carboxylic acid groups (broad SMARTS) is 1. The van der Waals surface area contributed by atoms with Crippen molar-refractivity contribution in [1.29, 1.82) is 0 Å². The van der Waals surface area contributed by atoms with Crippen LogP contribution in [0.2, 0.25) is 0 Å². The molecule has 1 aromatic heterocycles. The molecule has 7 nitrogen and oxygen atoms in total. The van der Waals surface area contributed by atoms with Crippen LogP contribution in [0.3, 0.4) is 0 Å². The van der Waals surface area contributed by atoms with Crippen LogP contribution in [-0.4, -0.2) is 51.0 Å². The van der Waals surface area contributed by atoms with Gasteiger partial charge in [0.05, 0.1) is 11.3 Å². The molecule has 0 spiro atoms. The number of aromatic carboxylic acids is 1. The monoisotopic (exact) mass is 280 g/mol. The highest BCUT2D eigenvalue weighted by Gasteiger charge is 2.19. The third-order valence-electron chi connectivity index (χ3n) is 3.00. The molecule has 1 rings (SSSR count). The van der Waals surface area contributed by atoms with Crippen LogP contribution in [0.5, 0.6) is 0 Å². The number of nitrogens with zero attached hydrogens (tertiary/aromatic N) is 3. The maximum absolute atomic E-state index is 12.1. The molecular formula is C13H20N4O3. The van der Waals surface area contributed by atoms with Crippen molar-refractivity contribution in [2.24, 2.45) is 0 Å². The zero-order chi connectivity index (χ0) is 15.3. The van der Waals surface area contributed by atoms with E-state index < -0.39 is 12.0 Å². The quantitative estimate of drug-likeness (QED) is 0.811. The van der Waals surface area contributed by atoms with Crippen LogP contribution in [0, 0.1) is 6.92 Å². The van der Waals surface area contributed by atoms with Crippen molar-refractivity contribution in [3.05, 3.63) is 17.5 Å². The van der Waals surface area contributed by atoms with Crippen molar-refractivity contribution in [1.82, 2.24) is 14.9 Å². The molecule has 1 atom stereocenters. The first-order chi connectivity index (χ1) is 9.40. The highest BCUT2D eigenvalue weighted by atomic mass is 16.4. The van der Waals surface area contributed by atoms with Crippen LogP contribution < -0.4 is 5.32 Å². The number of carboxylic acids is 1. The standard InChI is InChI=1S/C13H20N4O3/c1-5-17(6-2)11(18)9(4)16-13-14-7-10(12(19)20)8(3)15-13/h7,9H,5-6H2,1-4H3,(H,19,20)(H,14,15,16). The molecule has 7 heteroatoms. The number of aryl methyl sites for hydroxylation is 1. The van der Waals surface area contributed by atoms with E-state index in [1.54, 1.807) is 18.7 Å². The Morgan fingerprint density at radius 2 is 2.00 bits per heavy atom. The van der Waals surface area contributed by atoms with Gasteiger partial charge in [-0.2, -0.15) is 0 Å². The third kappa shape index (κ3) is 3.66. The van der Waals surface area contributed by atoms with E-state index >= 15 is 0 Å². The number of amides is 1. The first kappa shape index (κ1) is 15.9. The van der Waals surface area contributed by atoms with E-state index in [-0.39, 0.29) is 17.4 Å². The first-order valence-corrected chi connectivity index (χ1v) is 6.52. The second-order valence-electron chi connectivity index (χ2n) is 4.37. The summed E-state index contributed by atoms with van der Waals surface area (Å²) in [6, 6.07) is -0.468. The zero-order valence-electron chi connectivity index (χ0n) is 12.2. The summed E-state index contributed by atoms with van der Waals surface area (Å²) in [5.74, 6) is -0.861. The summed E-state index contributed by atoms with van der Waals surface area (Å²) in [5, 5.41) is 11.8. The molecule has 1 unspecified atom stereocenters. The molecule has 0 aromatic carbocycles. The smallest absolute Gasteiger partial charge is 0.339 e. The van der Waals surface area contributed by atoms with Gasteiger partial charge in [0.15, 0.2) is 0 Å². The number of carbonyl (C=O) groups is 2. The Bertz CT molecular complexity index is 500. The van der Waals surface area contributed by atoms with E-state index in [0.717, 1.165) is 0 Å². The number of hydrogen-bond donors (Lipinski definition) is 2. The Balaban J connectivity index is 2.81. The van der Waals surface area contributed by atoms with Gasteiger partial charge in [0, 0.05) is 19.3 Å². The van der Waals surface area contributed by atoms with Gasteiger partial charge in [-0.25, -0.2) is 14.8 Å². The Labute approximate surface area is 118 Å². The lowest BCUT2D eigenvalue weighted by atomic mass is 10.2. The van der Waals surface area contributed by atoms with E-state index in [4.69, 9.17) is 5.11 Å². The van der Waals surface area contributed by atoms with Crippen LogP contribution in [-0.2, 0) is 4.79 Å². The minimum atomic E-state index is -1.07. The normalized spacial score (nSPS) is 11.8. The SMILES string of the molecule is CCN(CC)C(=O)C(C)Nc1ncc(C(=O)O)c(C)n1. The molecule has 0 fully saturated rings. The van der Waals surface area contributed by atoms with Gasteiger partial charge in [0.1, 0.15) is 6.04 Å². The van der Waals surface area contributed by atoms with Gasteiger partial charge in [-0.3, -0.25) is 4.79 Å². The lowest BCUT2D eigenvalue weighted by Crippen LogP contribution is -2.41. The molecule has 2 N–H and O–H groups in total. The molecule has 0 aliphatic carbocycles. The van der Waals surface area contributed by atoms with Gasteiger partial charge < -0.3 is 15.3 Å². The van der Waals surface area contributed by atoms with E-state index in [2.05, 4.69) is 15.3 Å². The van der Waals surface area contributed by atoms with Crippen LogP contribution in [0.15, 0.2) is 6.20 Å². The number of rotatable bonds is 6. The van der Waals surface area contributed by atoms with Crippen LogP contribution >= 0.6 is 0 Å².